The molecular formula is C16H16N2O. The summed E-state index contributed by atoms with van der Waals surface area (Å²) in [6.45, 7) is 1.93. The summed E-state index contributed by atoms with van der Waals surface area (Å²) in [5.41, 5.74) is 10.6. The molecule has 0 unspecified atom stereocenters. The third-order valence-corrected chi connectivity index (χ3v) is 3.76. The van der Waals surface area contributed by atoms with Crippen LogP contribution in [0.5, 0.6) is 0 Å². The molecule has 1 saturated carbocycles. The molecule has 0 spiro atoms. The number of carbonyl (C=O) groups is 1. The second-order valence-electron chi connectivity index (χ2n) is 5.17. The van der Waals surface area contributed by atoms with E-state index in [4.69, 9.17) is 5.73 Å². The zero-order valence-corrected chi connectivity index (χ0v) is 10.8. The molecule has 2 aromatic rings. The monoisotopic (exact) mass is 252 g/mol. The number of carbonyl (C=O) groups excluding carboxylic acids is 1. The summed E-state index contributed by atoms with van der Waals surface area (Å²) < 4.78 is 0. The molecule has 0 saturated heterocycles. The maximum Gasteiger partial charge on any atom is 0.150 e. The smallest absolute Gasteiger partial charge is 0.150 e. The molecule has 2 atom stereocenters. The lowest BCUT2D eigenvalue weighted by Gasteiger charge is -2.05. The Labute approximate surface area is 112 Å². The fourth-order valence-corrected chi connectivity index (χ4v) is 2.32. The van der Waals surface area contributed by atoms with Crippen LogP contribution >= 0.6 is 0 Å². The molecule has 1 heterocycles. The van der Waals surface area contributed by atoms with E-state index in [1.54, 1.807) is 0 Å². The third-order valence-electron chi connectivity index (χ3n) is 3.76. The van der Waals surface area contributed by atoms with Gasteiger partial charge in [-0.1, -0.05) is 18.2 Å². The Hall–Kier alpha value is -2.00. The van der Waals surface area contributed by atoms with E-state index in [1.165, 1.54) is 5.56 Å². The quantitative estimate of drug-likeness (QED) is 0.854. The van der Waals surface area contributed by atoms with E-state index in [0.717, 1.165) is 29.5 Å². The molecule has 1 aromatic heterocycles. The second-order valence-corrected chi connectivity index (χ2v) is 5.17. The van der Waals surface area contributed by atoms with Crippen LogP contribution in [-0.2, 0) is 0 Å². The van der Waals surface area contributed by atoms with Gasteiger partial charge in [0.1, 0.15) is 6.29 Å². The number of hydrogen-bond donors (Lipinski definition) is 1. The highest BCUT2D eigenvalue weighted by atomic mass is 16.1. The van der Waals surface area contributed by atoms with Crippen LogP contribution in [0, 0.1) is 6.92 Å². The summed E-state index contributed by atoms with van der Waals surface area (Å²) in [5, 5.41) is 0. The van der Waals surface area contributed by atoms with E-state index in [1.807, 2.05) is 37.4 Å². The van der Waals surface area contributed by atoms with Crippen LogP contribution in [0.4, 0.5) is 0 Å². The number of aldehydes is 1. The number of hydrogen-bond acceptors (Lipinski definition) is 3. The van der Waals surface area contributed by atoms with Gasteiger partial charge >= 0.3 is 0 Å². The van der Waals surface area contributed by atoms with Gasteiger partial charge in [-0.05, 0) is 36.6 Å². The Bertz CT molecular complexity index is 619. The highest BCUT2D eigenvalue weighted by Gasteiger charge is 2.34. The van der Waals surface area contributed by atoms with E-state index in [0.29, 0.717) is 17.5 Å². The zero-order valence-electron chi connectivity index (χ0n) is 10.8. The Morgan fingerprint density at radius 2 is 2.11 bits per heavy atom. The number of nitrogens with two attached hydrogens (primary N) is 1. The Balaban J connectivity index is 1.91. The second kappa shape index (κ2) is 4.59. The minimum absolute atomic E-state index is 0.300. The first-order valence-corrected chi connectivity index (χ1v) is 6.47. The van der Waals surface area contributed by atoms with Gasteiger partial charge in [0, 0.05) is 29.3 Å². The number of nitrogens with zero attached hydrogens (tertiary/aromatic N) is 1. The van der Waals surface area contributed by atoms with Gasteiger partial charge in [-0.15, -0.1) is 0 Å². The van der Waals surface area contributed by atoms with Crippen molar-refractivity contribution in [2.24, 2.45) is 5.73 Å². The third kappa shape index (κ3) is 2.29. The molecule has 3 heteroatoms. The normalized spacial score (nSPS) is 21.2. The van der Waals surface area contributed by atoms with Gasteiger partial charge in [-0.3, -0.25) is 9.78 Å². The average Bonchev–Trinajstić information content (AvgIpc) is 3.17. The van der Waals surface area contributed by atoms with E-state index in [-0.39, 0.29) is 0 Å². The molecule has 96 valence electrons. The van der Waals surface area contributed by atoms with E-state index >= 15 is 0 Å². The van der Waals surface area contributed by atoms with E-state index in [2.05, 4.69) is 11.1 Å². The predicted octanol–water partition coefficient (Wildman–Crippen LogP) is 2.68. The largest absolute Gasteiger partial charge is 0.327 e. The molecule has 0 bridgehead atoms. The summed E-state index contributed by atoms with van der Waals surface area (Å²) in [6, 6.07) is 10.2. The Morgan fingerprint density at radius 3 is 2.68 bits per heavy atom. The summed E-state index contributed by atoms with van der Waals surface area (Å²) in [6.07, 6.45) is 3.84. The first-order valence-electron chi connectivity index (χ1n) is 6.47. The Morgan fingerprint density at radius 1 is 1.32 bits per heavy atom. The molecule has 3 rings (SSSR count). The SMILES string of the molecule is Cc1ccc(-c2ccc([C@@H]3C[C@H]3N)cn2)cc1C=O. The zero-order chi connectivity index (χ0) is 13.4. The number of pyridine rings is 1. The maximum atomic E-state index is 11.0. The number of rotatable bonds is 3. The molecule has 0 radical (unpaired) electrons. The number of aromatic nitrogens is 1. The van der Waals surface area contributed by atoms with Crippen molar-refractivity contribution in [3.8, 4) is 11.3 Å². The van der Waals surface area contributed by atoms with Crippen molar-refractivity contribution in [1.82, 2.24) is 4.98 Å². The molecule has 19 heavy (non-hydrogen) atoms. The van der Waals surface area contributed by atoms with Crippen molar-refractivity contribution in [3.05, 3.63) is 53.2 Å². The summed E-state index contributed by atoms with van der Waals surface area (Å²) >= 11 is 0. The average molecular weight is 252 g/mol. The van der Waals surface area contributed by atoms with Crippen LogP contribution < -0.4 is 5.73 Å². The highest BCUT2D eigenvalue weighted by Crippen LogP contribution is 2.38. The molecule has 3 nitrogen and oxygen atoms in total. The molecular weight excluding hydrogens is 236 g/mol. The van der Waals surface area contributed by atoms with Crippen LogP contribution in [0.2, 0.25) is 0 Å². The first kappa shape index (κ1) is 12.1. The van der Waals surface area contributed by atoms with Gasteiger partial charge in [0.15, 0.2) is 0 Å². The molecule has 1 fully saturated rings. The molecule has 2 N–H and O–H groups in total. The maximum absolute atomic E-state index is 11.0. The van der Waals surface area contributed by atoms with Crippen LogP contribution in [0.25, 0.3) is 11.3 Å². The highest BCUT2D eigenvalue weighted by molar-refractivity contribution is 5.80. The van der Waals surface area contributed by atoms with Crippen LogP contribution in [0.3, 0.4) is 0 Å². The predicted molar refractivity (Wildman–Crippen MR) is 75.1 cm³/mol. The van der Waals surface area contributed by atoms with Gasteiger partial charge in [0.05, 0.1) is 5.69 Å². The van der Waals surface area contributed by atoms with Crippen molar-refractivity contribution >= 4 is 6.29 Å². The lowest BCUT2D eigenvalue weighted by molar-refractivity contribution is 0.112. The fraction of sp³-hybridized carbons (Fsp3) is 0.250. The van der Waals surface area contributed by atoms with Crippen LogP contribution in [0.1, 0.15) is 33.8 Å². The van der Waals surface area contributed by atoms with Crippen molar-refractivity contribution < 1.29 is 4.79 Å². The lowest BCUT2D eigenvalue weighted by atomic mass is 10.0. The van der Waals surface area contributed by atoms with Gasteiger partial charge in [0.2, 0.25) is 0 Å². The standard InChI is InChI=1S/C16H16N2O/c1-10-2-3-11(6-13(10)9-19)16-5-4-12(8-18-16)14-7-15(14)17/h2-6,8-9,14-15H,7,17H2,1H3/t14-,15+/m0/s1. The summed E-state index contributed by atoms with van der Waals surface area (Å²) in [4.78, 5) is 15.4. The van der Waals surface area contributed by atoms with Crippen LogP contribution in [0.15, 0.2) is 36.5 Å². The minimum atomic E-state index is 0.300. The van der Waals surface area contributed by atoms with Crippen molar-refractivity contribution in [3.63, 3.8) is 0 Å². The topological polar surface area (TPSA) is 56.0 Å². The van der Waals surface area contributed by atoms with Gasteiger partial charge in [0.25, 0.3) is 0 Å². The summed E-state index contributed by atoms with van der Waals surface area (Å²) in [5.74, 6) is 0.477. The minimum Gasteiger partial charge on any atom is -0.327 e. The van der Waals surface area contributed by atoms with Crippen molar-refractivity contribution in [2.45, 2.75) is 25.3 Å². The van der Waals surface area contributed by atoms with E-state index in [9.17, 15) is 4.79 Å². The molecule has 0 amide bonds. The fourth-order valence-electron chi connectivity index (χ4n) is 2.32. The van der Waals surface area contributed by atoms with Crippen molar-refractivity contribution in [1.29, 1.82) is 0 Å². The Kier molecular flexibility index (Phi) is 2.91. The number of benzene rings is 1. The van der Waals surface area contributed by atoms with Gasteiger partial charge in [-0.25, -0.2) is 0 Å². The molecule has 0 aliphatic heterocycles. The molecule has 1 aliphatic rings. The summed E-state index contributed by atoms with van der Waals surface area (Å²) in [7, 11) is 0. The molecule has 1 aliphatic carbocycles. The van der Waals surface area contributed by atoms with Crippen molar-refractivity contribution in [2.75, 3.05) is 0 Å². The van der Waals surface area contributed by atoms with Gasteiger partial charge < -0.3 is 5.73 Å². The first-order chi connectivity index (χ1) is 9.19. The van der Waals surface area contributed by atoms with E-state index < -0.39 is 0 Å². The van der Waals surface area contributed by atoms with Gasteiger partial charge in [-0.2, -0.15) is 0 Å². The number of aryl methyl sites for hydroxylation is 1. The molecule has 1 aromatic carbocycles. The van der Waals surface area contributed by atoms with Crippen LogP contribution in [-0.4, -0.2) is 17.3 Å². The lowest BCUT2D eigenvalue weighted by Crippen LogP contribution is -2.01.